The highest BCUT2D eigenvalue weighted by molar-refractivity contribution is 7.96. The first-order valence-electron chi connectivity index (χ1n) is 9.54. The highest BCUT2D eigenvalue weighted by Gasteiger charge is 2.20. The smallest absolute Gasteiger partial charge is 0.267 e. The summed E-state index contributed by atoms with van der Waals surface area (Å²) in [5.41, 5.74) is 6.37. The van der Waals surface area contributed by atoms with Crippen molar-refractivity contribution in [1.82, 2.24) is 10.2 Å². The minimum Gasteiger partial charge on any atom is -0.371 e. The number of nitrogens with zero attached hydrogens (tertiary/aromatic N) is 1. The Hall–Kier alpha value is -2.28. The van der Waals surface area contributed by atoms with Crippen LogP contribution in [-0.4, -0.2) is 30.2 Å². The van der Waals surface area contributed by atoms with E-state index in [-0.39, 0.29) is 0 Å². The highest BCUT2D eigenvalue weighted by Crippen LogP contribution is 2.26. The van der Waals surface area contributed by atoms with Crippen molar-refractivity contribution in [3.8, 4) is 0 Å². The topological polar surface area (TPSA) is 64.6 Å². The predicted molar refractivity (Wildman–Crippen MR) is 116 cm³/mol. The number of benzene rings is 2. The first kappa shape index (κ1) is 20.5. The standard InChI is InChI=1S/C22H27N3O2S/c1-17-5-4-6-18(15-17)16-28-24-20-11-13-25(14-12-20)21-8-3-2-7-19(21)9-10-22(26)23-27/h2-10,15,20,24,27H,11-14,16H2,1H3,(H,23,26)/b10-9+. The van der Waals surface area contributed by atoms with Crippen LogP contribution in [0.25, 0.3) is 6.08 Å². The summed E-state index contributed by atoms with van der Waals surface area (Å²) in [6.45, 7) is 4.07. The van der Waals surface area contributed by atoms with E-state index < -0.39 is 5.91 Å². The zero-order valence-corrected chi connectivity index (χ0v) is 16.9. The molecule has 0 bridgehead atoms. The van der Waals surface area contributed by atoms with Gasteiger partial charge in [-0.05, 0) is 43.0 Å². The van der Waals surface area contributed by atoms with Gasteiger partial charge in [-0.3, -0.25) is 14.7 Å². The lowest BCUT2D eigenvalue weighted by atomic mass is 10.0. The van der Waals surface area contributed by atoms with Crippen LogP contribution in [0.1, 0.15) is 29.5 Å². The molecule has 0 unspecified atom stereocenters. The van der Waals surface area contributed by atoms with Crippen LogP contribution in [0.15, 0.2) is 54.6 Å². The van der Waals surface area contributed by atoms with Crippen molar-refractivity contribution in [1.29, 1.82) is 0 Å². The number of amides is 1. The van der Waals surface area contributed by atoms with E-state index in [1.807, 2.05) is 18.2 Å². The van der Waals surface area contributed by atoms with E-state index in [9.17, 15) is 4.79 Å². The van der Waals surface area contributed by atoms with Crippen LogP contribution >= 0.6 is 11.9 Å². The summed E-state index contributed by atoms with van der Waals surface area (Å²) in [5, 5.41) is 8.65. The monoisotopic (exact) mass is 397 g/mol. The molecule has 148 valence electrons. The fourth-order valence-corrected chi connectivity index (χ4v) is 4.30. The van der Waals surface area contributed by atoms with Crippen LogP contribution in [0.2, 0.25) is 0 Å². The third-order valence-electron chi connectivity index (χ3n) is 4.87. The summed E-state index contributed by atoms with van der Waals surface area (Å²) in [6.07, 6.45) is 5.24. The van der Waals surface area contributed by atoms with Crippen molar-refractivity contribution in [3.05, 3.63) is 71.3 Å². The van der Waals surface area contributed by atoms with E-state index in [0.717, 1.165) is 42.9 Å². The first-order chi connectivity index (χ1) is 13.7. The van der Waals surface area contributed by atoms with Crippen LogP contribution in [0.3, 0.4) is 0 Å². The van der Waals surface area contributed by atoms with Gasteiger partial charge in [-0.25, -0.2) is 5.48 Å². The number of anilines is 1. The number of nitrogens with one attached hydrogen (secondary N) is 2. The van der Waals surface area contributed by atoms with E-state index in [4.69, 9.17) is 5.21 Å². The summed E-state index contributed by atoms with van der Waals surface area (Å²) in [7, 11) is 0. The molecule has 0 aromatic heterocycles. The van der Waals surface area contributed by atoms with Crippen molar-refractivity contribution >= 4 is 29.6 Å². The Kier molecular flexibility index (Phi) is 7.54. The van der Waals surface area contributed by atoms with Gasteiger partial charge >= 0.3 is 0 Å². The second kappa shape index (κ2) is 10.3. The Morgan fingerprint density at radius 3 is 2.75 bits per heavy atom. The molecule has 1 aliphatic heterocycles. The Labute approximate surface area is 170 Å². The van der Waals surface area contributed by atoms with Gasteiger partial charge in [0, 0.05) is 36.6 Å². The van der Waals surface area contributed by atoms with Gasteiger partial charge in [-0.1, -0.05) is 60.0 Å². The summed E-state index contributed by atoms with van der Waals surface area (Å²) in [5.74, 6) is 0.450. The van der Waals surface area contributed by atoms with Crippen LogP contribution in [0, 0.1) is 6.92 Å². The van der Waals surface area contributed by atoms with Crippen LogP contribution < -0.4 is 15.1 Å². The lowest BCUT2D eigenvalue weighted by Gasteiger charge is -2.34. The number of aryl methyl sites for hydroxylation is 1. The maximum Gasteiger partial charge on any atom is 0.267 e. The van der Waals surface area contributed by atoms with Crippen molar-refractivity contribution in [3.63, 3.8) is 0 Å². The molecule has 3 N–H and O–H groups in total. The van der Waals surface area contributed by atoms with Gasteiger partial charge in [0.1, 0.15) is 0 Å². The van der Waals surface area contributed by atoms with E-state index in [2.05, 4.69) is 46.9 Å². The van der Waals surface area contributed by atoms with Gasteiger partial charge in [0.15, 0.2) is 0 Å². The molecule has 1 aliphatic rings. The number of hydrogen-bond acceptors (Lipinski definition) is 5. The molecule has 0 saturated carbocycles. The van der Waals surface area contributed by atoms with Gasteiger partial charge < -0.3 is 4.90 Å². The van der Waals surface area contributed by atoms with Crippen molar-refractivity contribution in [2.45, 2.75) is 31.6 Å². The fraction of sp³-hybridized carbons (Fsp3) is 0.318. The van der Waals surface area contributed by atoms with E-state index >= 15 is 0 Å². The molecule has 0 aliphatic carbocycles. The molecule has 2 aromatic carbocycles. The van der Waals surface area contributed by atoms with Crippen molar-refractivity contribution < 1.29 is 10.0 Å². The number of carbonyl (C=O) groups excluding carboxylic acids is 1. The Bertz CT molecular complexity index is 817. The summed E-state index contributed by atoms with van der Waals surface area (Å²) < 4.78 is 3.62. The lowest BCUT2D eigenvalue weighted by Crippen LogP contribution is -2.40. The molecule has 1 fully saturated rings. The van der Waals surface area contributed by atoms with E-state index in [0.29, 0.717) is 6.04 Å². The largest absolute Gasteiger partial charge is 0.371 e. The average molecular weight is 398 g/mol. The molecule has 3 rings (SSSR count). The average Bonchev–Trinajstić information content (AvgIpc) is 2.73. The Morgan fingerprint density at radius 1 is 1.21 bits per heavy atom. The molecule has 5 nitrogen and oxygen atoms in total. The minimum atomic E-state index is -0.525. The van der Waals surface area contributed by atoms with Gasteiger partial charge in [0.2, 0.25) is 0 Å². The molecule has 1 heterocycles. The predicted octanol–water partition coefficient (Wildman–Crippen LogP) is 3.92. The molecule has 28 heavy (non-hydrogen) atoms. The molecule has 6 heteroatoms. The van der Waals surface area contributed by atoms with Gasteiger partial charge in [0.05, 0.1) is 0 Å². The maximum absolute atomic E-state index is 11.3. The maximum atomic E-state index is 11.3. The normalized spacial score (nSPS) is 15.1. The SMILES string of the molecule is Cc1cccc(CSNC2CCN(c3ccccc3/C=C/C(=O)NO)CC2)c1. The zero-order valence-electron chi connectivity index (χ0n) is 16.1. The summed E-state index contributed by atoms with van der Waals surface area (Å²) in [4.78, 5) is 13.6. The Morgan fingerprint density at radius 2 is 2.00 bits per heavy atom. The van der Waals surface area contributed by atoms with Gasteiger partial charge in [-0.2, -0.15) is 0 Å². The van der Waals surface area contributed by atoms with Crippen LogP contribution in [0.4, 0.5) is 5.69 Å². The summed E-state index contributed by atoms with van der Waals surface area (Å²) >= 11 is 1.79. The number of hydroxylamine groups is 1. The van der Waals surface area contributed by atoms with E-state index in [1.54, 1.807) is 23.5 Å². The van der Waals surface area contributed by atoms with Gasteiger partial charge in [-0.15, -0.1) is 0 Å². The van der Waals surface area contributed by atoms with Crippen molar-refractivity contribution in [2.75, 3.05) is 18.0 Å². The molecule has 1 saturated heterocycles. The molecular formula is C22H27N3O2S. The highest BCUT2D eigenvalue weighted by atomic mass is 32.2. The third kappa shape index (κ3) is 5.86. The number of carbonyl (C=O) groups is 1. The number of para-hydroxylation sites is 1. The number of rotatable bonds is 7. The van der Waals surface area contributed by atoms with Gasteiger partial charge in [0.25, 0.3) is 5.91 Å². The van der Waals surface area contributed by atoms with E-state index in [1.165, 1.54) is 17.2 Å². The quantitative estimate of drug-likeness (QED) is 0.286. The third-order valence-corrected chi connectivity index (χ3v) is 5.85. The fourth-order valence-electron chi connectivity index (χ4n) is 3.40. The number of hydrogen-bond donors (Lipinski definition) is 3. The molecule has 2 aromatic rings. The van der Waals surface area contributed by atoms with Crippen LogP contribution in [0.5, 0.6) is 0 Å². The number of piperidine rings is 1. The molecule has 0 atom stereocenters. The van der Waals surface area contributed by atoms with Crippen molar-refractivity contribution in [2.24, 2.45) is 0 Å². The second-order valence-electron chi connectivity index (χ2n) is 7.03. The first-order valence-corrected chi connectivity index (χ1v) is 10.5. The Balaban J connectivity index is 1.50. The summed E-state index contributed by atoms with van der Waals surface area (Å²) in [6, 6.07) is 17.2. The zero-order chi connectivity index (χ0) is 19.8. The molecule has 0 radical (unpaired) electrons. The molecule has 1 amide bonds. The van der Waals surface area contributed by atoms with Crippen LogP contribution in [-0.2, 0) is 10.5 Å². The minimum absolute atomic E-state index is 0.508. The second-order valence-corrected chi connectivity index (χ2v) is 7.84. The lowest BCUT2D eigenvalue weighted by molar-refractivity contribution is -0.124. The molecular weight excluding hydrogens is 370 g/mol. The molecule has 0 spiro atoms.